The summed E-state index contributed by atoms with van der Waals surface area (Å²) < 4.78 is 2.24. The van der Waals surface area contributed by atoms with Crippen LogP contribution < -0.4 is 0 Å². The van der Waals surface area contributed by atoms with E-state index in [1.807, 2.05) is 19.9 Å². The van der Waals surface area contributed by atoms with Crippen LogP contribution in [0.5, 0.6) is 0 Å². The number of aromatic nitrogens is 2. The largest absolute Gasteiger partial charge is 0.301 e. The number of nitriles is 1. The summed E-state index contributed by atoms with van der Waals surface area (Å²) in [6, 6.07) is 10.6. The highest BCUT2D eigenvalue weighted by Crippen LogP contribution is 2.49. The van der Waals surface area contributed by atoms with Crippen molar-refractivity contribution >= 4 is 5.78 Å². The molecule has 3 atom stereocenters. The summed E-state index contributed by atoms with van der Waals surface area (Å²) in [6.45, 7) is 8.23. The van der Waals surface area contributed by atoms with Crippen LogP contribution in [0.2, 0.25) is 0 Å². The van der Waals surface area contributed by atoms with Crippen LogP contribution in [0, 0.1) is 37.0 Å². The summed E-state index contributed by atoms with van der Waals surface area (Å²) in [5.41, 5.74) is 4.50. The molecule has 0 aliphatic heterocycles. The Balaban J connectivity index is 1.94. The summed E-state index contributed by atoms with van der Waals surface area (Å²) in [4.78, 5) is 17.4. The number of allylic oxidation sites excluding steroid dienone is 2. The molecule has 0 saturated heterocycles. The van der Waals surface area contributed by atoms with Crippen LogP contribution in [-0.2, 0) is 16.6 Å². The standard InChI is InChI=1S/C22H23N3O/c1-13-6-5-7-17(10-13)25-15(3)24-21-19(25)9-8-18-14(2)20(26)16(12-23)11-22(18,21)4/h5-7,10-11,14,18H,8-9H2,1-4H3/t14-,18-,22-/m1/s1. The third-order valence-electron chi connectivity index (χ3n) is 6.22. The van der Waals surface area contributed by atoms with Crippen molar-refractivity contribution < 1.29 is 4.79 Å². The zero-order valence-electron chi connectivity index (χ0n) is 15.7. The SMILES string of the molecule is Cc1cccc(-n2c(C)nc3c2CC[C@@H]2[C@@H](C)C(=O)C(C#N)=C[C@@]32C)c1. The summed E-state index contributed by atoms with van der Waals surface area (Å²) in [5.74, 6) is 0.990. The number of carbonyl (C=O) groups excluding carboxylic acids is 1. The lowest BCUT2D eigenvalue weighted by molar-refractivity contribution is -0.121. The Labute approximate surface area is 154 Å². The molecule has 0 bridgehead atoms. The molecule has 1 aromatic heterocycles. The lowest BCUT2D eigenvalue weighted by Gasteiger charge is -2.44. The molecular formula is C22H23N3O. The number of carbonyl (C=O) groups is 1. The molecule has 0 unspecified atom stereocenters. The second-order valence-electron chi connectivity index (χ2n) is 7.88. The van der Waals surface area contributed by atoms with Crippen molar-refractivity contribution in [1.82, 2.24) is 9.55 Å². The van der Waals surface area contributed by atoms with Gasteiger partial charge in [-0.05, 0) is 50.3 Å². The number of aryl methyl sites for hydroxylation is 2. The molecule has 2 aliphatic rings. The predicted octanol–water partition coefficient (Wildman–Crippen LogP) is 3.98. The van der Waals surface area contributed by atoms with Crippen LogP contribution in [0.25, 0.3) is 5.69 Å². The van der Waals surface area contributed by atoms with Gasteiger partial charge in [0.25, 0.3) is 0 Å². The van der Waals surface area contributed by atoms with Crippen molar-refractivity contribution in [2.24, 2.45) is 11.8 Å². The third kappa shape index (κ3) is 2.20. The molecular weight excluding hydrogens is 322 g/mol. The van der Waals surface area contributed by atoms with E-state index in [0.717, 1.165) is 30.0 Å². The molecule has 0 fully saturated rings. The van der Waals surface area contributed by atoms with Gasteiger partial charge in [0, 0.05) is 22.7 Å². The van der Waals surface area contributed by atoms with E-state index < -0.39 is 0 Å². The average Bonchev–Trinajstić information content (AvgIpc) is 2.95. The van der Waals surface area contributed by atoms with E-state index in [1.54, 1.807) is 0 Å². The van der Waals surface area contributed by atoms with Crippen molar-refractivity contribution in [1.29, 1.82) is 5.26 Å². The van der Waals surface area contributed by atoms with Crippen molar-refractivity contribution in [2.45, 2.75) is 46.0 Å². The second-order valence-corrected chi connectivity index (χ2v) is 7.88. The number of ketones is 1. The topological polar surface area (TPSA) is 58.7 Å². The Morgan fingerprint density at radius 1 is 1.35 bits per heavy atom. The number of hydrogen-bond acceptors (Lipinski definition) is 3. The van der Waals surface area contributed by atoms with Crippen LogP contribution in [0.3, 0.4) is 0 Å². The minimum atomic E-state index is -0.369. The first kappa shape index (κ1) is 16.8. The van der Waals surface area contributed by atoms with Gasteiger partial charge in [-0.1, -0.05) is 32.1 Å². The maximum Gasteiger partial charge on any atom is 0.176 e. The van der Waals surface area contributed by atoms with Gasteiger partial charge < -0.3 is 4.57 Å². The average molecular weight is 345 g/mol. The van der Waals surface area contributed by atoms with Gasteiger partial charge in [0.1, 0.15) is 11.9 Å². The van der Waals surface area contributed by atoms with Gasteiger partial charge >= 0.3 is 0 Å². The molecule has 1 heterocycles. The Hall–Kier alpha value is -2.67. The van der Waals surface area contributed by atoms with E-state index in [0.29, 0.717) is 0 Å². The molecule has 132 valence electrons. The summed E-state index contributed by atoms with van der Waals surface area (Å²) >= 11 is 0. The molecule has 0 amide bonds. The molecule has 4 heteroatoms. The summed E-state index contributed by atoms with van der Waals surface area (Å²) in [7, 11) is 0. The van der Waals surface area contributed by atoms with E-state index in [-0.39, 0.29) is 28.6 Å². The number of hydrogen-bond donors (Lipinski definition) is 0. The highest BCUT2D eigenvalue weighted by atomic mass is 16.1. The molecule has 0 saturated carbocycles. The fraction of sp³-hybridized carbons (Fsp3) is 0.409. The zero-order chi connectivity index (χ0) is 18.6. The van der Waals surface area contributed by atoms with E-state index in [2.05, 4.69) is 48.7 Å². The number of nitrogens with zero attached hydrogens (tertiary/aromatic N) is 3. The van der Waals surface area contributed by atoms with Gasteiger partial charge in [0.2, 0.25) is 0 Å². The minimum absolute atomic E-state index is 0.0201. The van der Waals surface area contributed by atoms with E-state index >= 15 is 0 Å². The first-order chi connectivity index (χ1) is 12.4. The van der Waals surface area contributed by atoms with Gasteiger partial charge in [-0.15, -0.1) is 0 Å². The van der Waals surface area contributed by atoms with Crippen molar-refractivity contribution in [3.63, 3.8) is 0 Å². The fourth-order valence-corrected chi connectivity index (χ4v) is 4.95. The van der Waals surface area contributed by atoms with Crippen molar-refractivity contribution in [3.05, 3.63) is 58.7 Å². The quantitative estimate of drug-likeness (QED) is 0.785. The smallest absolute Gasteiger partial charge is 0.176 e. The van der Waals surface area contributed by atoms with Crippen molar-refractivity contribution in [3.8, 4) is 11.8 Å². The van der Waals surface area contributed by atoms with Crippen LogP contribution in [0.15, 0.2) is 35.9 Å². The van der Waals surface area contributed by atoms with Gasteiger partial charge in [0.15, 0.2) is 5.78 Å². The Morgan fingerprint density at radius 3 is 2.81 bits per heavy atom. The normalized spacial score (nSPS) is 27.3. The third-order valence-corrected chi connectivity index (χ3v) is 6.22. The molecule has 0 radical (unpaired) electrons. The van der Waals surface area contributed by atoms with Gasteiger partial charge in [0.05, 0.1) is 11.3 Å². The molecule has 0 spiro atoms. The number of rotatable bonds is 1. The minimum Gasteiger partial charge on any atom is -0.301 e. The number of fused-ring (bicyclic) bond motifs is 3. The second kappa shape index (κ2) is 5.67. The molecule has 4 rings (SSSR count). The monoisotopic (exact) mass is 345 g/mol. The Morgan fingerprint density at radius 2 is 2.12 bits per heavy atom. The molecule has 26 heavy (non-hydrogen) atoms. The van der Waals surface area contributed by atoms with Gasteiger partial charge in [-0.2, -0.15) is 5.26 Å². The molecule has 4 nitrogen and oxygen atoms in total. The van der Waals surface area contributed by atoms with Gasteiger partial charge in [-0.25, -0.2) is 4.98 Å². The van der Waals surface area contributed by atoms with Gasteiger partial charge in [-0.3, -0.25) is 4.79 Å². The van der Waals surface area contributed by atoms with Crippen LogP contribution >= 0.6 is 0 Å². The number of Topliss-reactive ketones (excluding diaryl/α,β-unsaturated/α-hetero) is 1. The first-order valence-electron chi connectivity index (χ1n) is 9.19. The molecule has 0 N–H and O–H groups in total. The van der Waals surface area contributed by atoms with Crippen LogP contribution in [0.4, 0.5) is 0 Å². The predicted molar refractivity (Wildman–Crippen MR) is 100 cm³/mol. The molecule has 1 aromatic carbocycles. The fourth-order valence-electron chi connectivity index (χ4n) is 4.95. The van der Waals surface area contributed by atoms with E-state index in [4.69, 9.17) is 4.98 Å². The number of imidazole rings is 1. The lowest BCUT2D eigenvalue weighted by Crippen LogP contribution is -2.45. The summed E-state index contributed by atoms with van der Waals surface area (Å²) in [5, 5.41) is 9.44. The zero-order valence-corrected chi connectivity index (χ0v) is 15.7. The lowest BCUT2D eigenvalue weighted by atomic mass is 9.58. The van der Waals surface area contributed by atoms with Crippen LogP contribution in [0.1, 0.15) is 43.0 Å². The van der Waals surface area contributed by atoms with E-state index in [1.165, 1.54) is 11.3 Å². The summed E-state index contributed by atoms with van der Waals surface area (Å²) in [6.07, 6.45) is 3.71. The molecule has 2 aromatic rings. The van der Waals surface area contributed by atoms with Crippen molar-refractivity contribution in [2.75, 3.05) is 0 Å². The Bertz CT molecular complexity index is 991. The van der Waals surface area contributed by atoms with E-state index in [9.17, 15) is 10.1 Å². The first-order valence-corrected chi connectivity index (χ1v) is 9.19. The maximum atomic E-state index is 12.5. The molecule has 2 aliphatic carbocycles. The highest BCUT2D eigenvalue weighted by Gasteiger charge is 2.50. The van der Waals surface area contributed by atoms with Crippen LogP contribution in [-0.4, -0.2) is 15.3 Å². The number of benzene rings is 1. The highest BCUT2D eigenvalue weighted by molar-refractivity contribution is 6.02. The Kier molecular flexibility index (Phi) is 3.66. The maximum absolute atomic E-state index is 12.5.